The molecular weight excluding hydrogens is 240 g/mol. The summed E-state index contributed by atoms with van der Waals surface area (Å²) in [7, 11) is 5.28. The van der Waals surface area contributed by atoms with Crippen LogP contribution in [-0.4, -0.2) is 38.5 Å². The highest BCUT2D eigenvalue weighted by Crippen LogP contribution is 2.24. The molecule has 0 saturated heterocycles. The van der Waals surface area contributed by atoms with Gasteiger partial charge >= 0.3 is 0 Å². The molecule has 1 aromatic rings. The van der Waals surface area contributed by atoms with E-state index < -0.39 is 0 Å². The molecule has 5 heteroatoms. The fourth-order valence-electron chi connectivity index (χ4n) is 1.82. The van der Waals surface area contributed by atoms with Gasteiger partial charge in [-0.15, -0.1) is 0 Å². The number of benzene rings is 1. The van der Waals surface area contributed by atoms with Gasteiger partial charge < -0.3 is 15.5 Å². The normalized spacial score (nSPS) is 11.5. The zero-order valence-electron chi connectivity index (χ0n) is 11.8. The highest BCUT2D eigenvalue weighted by atomic mass is 16.2. The standard InChI is InChI=1S/C14H20N4O/c1-10(8-15)9-18(4)13-7-11(5-6-12(13)16)14(19)17(2)3/h5-7,10H,9,16H2,1-4H3. The Morgan fingerprint density at radius 3 is 2.58 bits per heavy atom. The SMILES string of the molecule is CC(C#N)CN(C)c1cc(C(=O)N(C)C)ccc1N. The van der Waals surface area contributed by atoms with E-state index >= 15 is 0 Å². The second-order valence-corrected chi connectivity index (χ2v) is 4.88. The molecule has 0 radical (unpaired) electrons. The number of hydrogen-bond donors (Lipinski definition) is 1. The number of nitrogens with zero attached hydrogens (tertiary/aromatic N) is 3. The van der Waals surface area contributed by atoms with Gasteiger partial charge in [-0.2, -0.15) is 5.26 Å². The molecule has 0 aliphatic heterocycles. The van der Waals surface area contributed by atoms with Crippen molar-refractivity contribution < 1.29 is 4.79 Å². The van der Waals surface area contributed by atoms with Crippen LogP contribution in [0.5, 0.6) is 0 Å². The Labute approximate surface area is 114 Å². The maximum Gasteiger partial charge on any atom is 0.253 e. The van der Waals surface area contributed by atoms with Gasteiger partial charge in [-0.25, -0.2) is 0 Å². The van der Waals surface area contributed by atoms with Gasteiger partial charge in [0.05, 0.1) is 23.4 Å². The quantitative estimate of drug-likeness (QED) is 0.834. The summed E-state index contributed by atoms with van der Waals surface area (Å²) in [5.74, 6) is -0.166. The van der Waals surface area contributed by atoms with Gasteiger partial charge in [-0.05, 0) is 25.1 Å². The highest BCUT2D eigenvalue weighted by Gasteiger charge is 2.14. The zero-order valence-corrected chi connectivity index (χ0v) is 11.8. The van der Waals surface area contributed by atoms with E-state index in [1.807, 2.05) is 18.9 Å². The highest BCUT2D eigenvalue weighted by molar-refractivity contribution is 5.96. The first-order valence-corrected chi connectivity index (χ1v) is 6.08. The van der Waals surface area contributed by atoms with Gasteiger partial charge in [-0.3, -0.25) is 4.79 Å². The van der Waals surface area contributed by atoms with Crippen molar-refractivity contribution in [3.05, 3.63) is 23.8 Å². The molecule has 1 amide bonds. The summed E-state index contributed by atoms with van der Waals surface area (Å²) in [6, 6.07) is 7.38. The zero-order chi connectivity index (χ0) is 14.6. The van der Waals surface area contributed by atoms with Crippen molar-refractivity contribution in [3.8, 4) is 6.07 Å². The Morgan fingerprint density at radius 1 is 1.42 bits per heavy atom. The Balaban J connectivity index is 3.04. The average molecular weight is 260 g/mol. The summed E-state index contributed by atoms with van der Waals surface area (Å²) in [4.78, 5) is 15.3. The van der Waals surface area contributed by atoms with E-state index in [-0.39, 0.29) is 11.8 Å². The average Bonchev–Trinajstić information content (AvgIpc) is 2.37. The minimum atomic E-state index is -0.0994. The summed E-state index contributed by atoms with van der Waals surface area (Å²) in [5, 5.41) is 8.85. The summed E-state index contributed by atoms with van der Waals surface area (Å²) < 4.78 is 0. The number of carbonyl (C=O) groups is 1. The van der Waals surface area contributed by atoms with Gasteiger partial charge in [-0.1, -0.05) is 0 Å². The molecule has 0 heterocycles. The lowest BCUT2D eigenvalue weighted by molar-refractivity contribution is 0.0827. The van der Waals surface area contributed by atoms with Crippen molar-refractivity contribution >= 4 is 17.3 Å². The van der Waals surface area contributed by atoms with Crippen LogP contribution < -0.4 is 10.6 Å². The monoisotopic (exact) mass is 260 g/mol. The van der Waals surface area contributed by atoms with Gasteiger partial charge in [0.1, 0.15) is 0 Å². The molecule has 0 bridgehead atoms. The summed E-state index contributed by atoms with van der Waals surface area (Å²) in [6.45, 7) is 2.42. The summed E-state index contributed by atoms with van der Waals surface area (Å²) in [5.41, 5.74) is 7.90. The molecule has 5 nitrogen and oxygen atoms in total. The van der Waals surface area contributed by atoms with E-state index in [0.29, 0.717) is 17.8 Å². The number of anilines is 2. The Morgan fingerprint density at radius 2 is 2.05 bits per heavy atom. The number of nitriles is 1. The van der Waals surface area contributed by atoms with Gasteiger partial charge in [0, 0.05) is 33.3 Å². The molecule has 0 spiro atoms. The molecular formula is C14H20N4O. The van der Waals surface area contributed by atoms with Gasteiger partial charge in [0.2, 0.25) is 0 Å². The Bertz CT molecular complexity index is 505. The first-order chi connectivity index (χ1) is 8.86. The third-order valence-corrected chi connectivity index (χ3v) is 2.86. The summed E-state index contributed by atoms with van der Waals surface area (Å²) in [6.07, 6.45) is 0. The van der Waals surface area contributed by atoms with Crippen molar-refractivity contribution in [2.75, 3.05) is 38.3 Å². The number of amides is 1. The van der Waals surface area contributed by atoms with Crippen LogP contribution in [0, 0.1) is 17.2 Å². The van der Waals surface area contributed by atoms with Crippen LogP contribution in [-0.2, 0) is 0 Å². The molecule has 0 aliphatic rings. The molecule has 2 N–H and O–H groups in total. The lowest BCUT2D eigenvalue weighted by Crippen LogP contribution is -2.26. The van der Waals surface area contributed by atoms with Crippen molar-refractivity contribution in [1.82, 2.24) is 4.90 Å². The Hall–Kier alpha value is -2.22. The maximum atomic E-state index is 11.9. The number of rotatable bonds is 4. The minimum absolute atomic E-state index is 0.0667. The molecule has 1 atom stereocenters. The van der Waals surface area contributed by atoms with Crippen LogP contribution in [0.4, 0.5) is 11.4 Å². The van der Waals surface area contributed by atoms with Crippen LogP contribution in [0.1, 0.15) is 17.3 Å². The van der Waals surface area contributed by atoms with E-state index in [2.05, 4.69) is 6.07 Å². The van der Waals surface area contributed by atoms with E-state index in [9.17, 15) is 4.79 Å². The third kappa shape index (κ3) is 3.62. The molecule has 1 aromatic carbocycles. The molecule has 0 aliphatic carbocycles. The summed E-state index contributed by atoms with van der Waals surface area (Å²) >= 11 is 0. The molecule has 1 unspecified atom stereocenters. The van der Waals surface area contributed by atoms with Crippen LogP contribution in [0.2, 0.25) is 0 Å². The van der Waals surface area contributed by atoms with E-state index in [0.717, 1.165) is 5.69 Å². The fourth-order valence-corrected chi connectivity index (χ4v) is 1.82. The molecule has 19 heavy (non-hydrogen) atoms. The number of hydrogen-bond acceptors (Lipinski definition) is 4. The first-order valence-electron chi connectivity index (χ1n) is 6.08. The molecule has 0 saturated carbocycles. The van der Waals surface area contributed by atoms with Gasteiger partial charge in [0.15, 0.2) is 0 Å². The van der Waals surface area contributed by atoms with E-state index in [1.165, 1.54) is 4.90 Å². The lowest BCUT2D eigenvalue weighted by atomic mass is 10.1. The molecule has 1 rings (SSSR count). The molecule has 102 valence electrons. The van der Waals surface area contributed by atoms with E-state index in [1.54, 1.807) is 32.3 Å². The number of nitrogen functional groups attached to an aromatic ring is 1. The second-order valence-electron chi connectivity index (χ2n) is 4.88. The maximum absolute atomic E-state index is 11.9. The van der Waals surface area contributed by atoms with Crippen LogP contribution in [0.25, 0.3) is 0 Å². The predicted octanol–water partition coefficient (Wildman–Crippen LogP) is 1.57. The largest absolute Gasteiger partial charge is 0.397 e. The third-order valence-electron chi connectivity index (χ3n) is 2.86. The van der Waals surface area contributed by atoms with Crippen molar-refractivity contribution in [1.29, 1.82) is 5.26 Å². The smallest absolute Gasteiger partial charge is 0.253 e. The molecule has 0 aromatic heterocycles. The second kappa shape index (κ2) is 6.10. The topological polar surface area (TPSA) is 73.4 Å². The number of nitrogens with two attached hydrogens (primary N) is 1. The fraction of sp³-hybridized carbons (Fsp3) is 0.429. The lowest BCUT2D eigenvalue weighted by Gasteiger charge is -2.23. The van der Waals surface area contributed by atoms with Crippen LogP contribution in [0.3, 0.4) is 0 Å². The Kier molecular flexibility index (Phi) is 4.76. The minimum Gasteiger partial charge on any atom is -0.397 e. The molecule has 0 fully saturated rings. The van der Waals surface area contributed by atoms with E-state index in [4.69, 9.17) is 11.0 Å². The van der Waals surface area contributed by atoms with Crippen LogP contribution in [0.15, 0.2) is 18.2 Å². The van der Waals surface area contributed by atoms with Crippen molar-refractivity contribution in [3.63, 3.8) is 0 Å². The van der Waals surface area contributed by atoms with Gasteiger partial charge in [0.25, 0.3) is 5.91 Å². The first kappa shape index (κ1) is 14.8. The number of carbonyl (C=O) groups excluding carboxylic acids is 1. The predicted molar refractivity (Wildman–Crippen MR) is 76.9 cm³/mol. The van der Waals surface area contributed by atoms with Crippen molar-refractivity contribution in [2.45, 2.75) is 6.92 Å². The van der Waals surface area contributed by atoms with Crippen molar-refractivity contribution in [2.24, 2.45) is 5.92 Å². The van der Waals surface area contributed by atoms with Crippen LogP contribution >= 0.6 is 0 Å².